The Hall–Kier alpha value is -2.58. The summed E-state index contributed by atoms with van der Waals surface area (Å²) < 4.78 is 35.7. The molecule has 8 heteroatoms. The quantitative estimate of drug-likeness (QED) is 0.738. The van der Waals surface area contributed by atoms with Gasteiger partial charge in [-0.3, -0.25) is 4.79 Å². The maximum Gasteiger partial charge on any atom is 0.260 e. The topological polar surface area (TPSA) is 76.2 Å². The molecule has 2 aromatic carbocycles. The highest BCUT2D eigenvalue weighted by molar-refractivity contribution is 7.88. The number of carbonyl (C=O) groups is 1. The summed E-state index contributed by atoms with van der Waals surface area (Å²) in [6, 6.07) is 14.8. The first kappa shape index (κ1) is 20.2. The van der Waals surface area contributed by atoms with Gasteiger partial charge in [0.2, 0.25) is 10.0 Å². The fourth-order valence-electron chi connectivity index (χ4n) is 2.85. The van der Waals surface area contributed by atoms with Gasteiger partial charge in [0, 0.05) is 26.2 Å². The molecule has 1 amide bonds. The molecular weight excluding hydrogens is 380 g/mol. The number of aryl methyl sites for hydroxylation is 1. The lowest BCUT2D eigenvalue weighted by Gasteiger charge is -2.33. The van der Waals surface area contributed by atoms with Crippen molar-refractivity contribution in [3.63, 3.8) is 0 Å². The van der Waals surface area contributed by atoms with Crippen molar-refractivity contribution in [1.29, 1.82) is 0 Å². The highest BCUT2D eigenvalue weighted by atomic mass is 32.2. The molecule has 0 radical (unpaired) electrons. The smallest absolute Gasteiger partial charge is 0.260 e. The number of hydrogen-bond acceptors (Lipinski definition) is 5. The second-order valence-corrected chi connectivity index (χ2v) is 8.70. The van der Waals surface area contributed by atoms with Crippen LogP contribution in [0.3, 0.4) is 0 Å². The van der Waals surface area contributed by atoms with Crippen molar-refractivity contribution < 1.29 is 22.7 Å². The molecule has 0 bridgehead atoms. The summed E-state index contributed by atoms with van der Waals surface area (Å²) in [4.78, 5) is 13.9. The summed E-state index contributed by atoms with van der Waals surface area (Å²) in [5, 5.41) is 0. The van der Waals surface area contributed by atoms with Crippen molar-refractivity contribution in [3.8, 4) is 17.2 Å². The Morgan fingerprint density at radius 2 is 1.39 bits per heavy atom. The third-order valence-electron chi connectivity index (χ3n) is 4.50. The van der Waals surface area contributed by atoms with Gasteiger partial charge in [0.15, 0.2) is 6.61 Å². The molecule has 28 heavy (non-hydrogen) atoms. The second-order valence-electron chi connectivity index (χ2n) is 6.72. The second kappa shape index (κ2) is 8.62. The number of ether oxygens (including phenoxy) is 2. The standard InChI is InChI=1S/C20H24N2O5S/c1-16-3-5-18(6-4-16)27-19-9-7-17(8-10-19)26-15-20(23)21-11-13-22(14-12-21)28(2,24)25/h3-10H,11-15H2,1-2H3. The van der Waals surface area contributed by atoms with Crippen molar-refractivity contribution in [1.82, 2.24) is 9.21 Å². The van der Waals surface area contributed by atoms with Crippen LogP contribution in [0, 0.1) is 6.92 Å². The summed E-state index contributed by atoms with van der Waals surface area (Å²) >= 11 is 0. The Morgan fingerprint density at radius 3 is 1.93 bits per heavy atom. The lowest BCUT2D eigenvalue weighted by molar-refractivity contribution is -0.134. The van der Waals surface area contributed by atoms with Gasteiger partial charge in [-0.1, -0.05) is 17.7 Å². The van der Waals surface area contributed by atoms with Crippen LogP contribution in [0.1, 0.15) is 5.56 Å². The predicted molar refractivity (Wildman–Crippen MR) is 106 cm³/mol. The van der Waals surface area contributed by atoms with E-state index in [9.17, 15) is 13.2 Å². The third kappa shape index (κ3) is 5.46. The number of piperazine rings is 1. The Morgan fingerprint density at radius 1 is 0.893 bits per heavy atom. The maximum absolute atomic E-state index is 12.3. The number of rotatable bonds is 6. The van der Waals surface area contributed by atoms with E-state index in [4.69, 9.17) is 9.47 Å². The fraction of sp³-hybridized carbons (Fsp3) is 0.350. The summed E-state index contributed by atoms with van der Waals surface area (Å²) in [7, 11) is -3.21. The minimum atomic E-state index is -3.21. The first-order chi connectivity index (χ1) is 13.3. The van der Waals surface area contributed by atoms with Crippen LogP contribution in [-0.4, -0.2) is 62.6 Å². The van der Waals surface area contributed by atoms with Gasteiger partial charge in [-0.2, -0.15) is 4.31 Å². The molecule has 0 aromatic heterocycles. The summed E-state index contributed by atoms with van der Waals surface area (Å²) in [6.07, 6.45) is 1.18. The molecule has 0 atom stereocenters. The highest BCUT2D eigenvalue weighted by Crippen LogP contribution is 2.24. The summed E-state index contributed by atoms with van der Waals surface area (Å²) in [6.45, 7) is 3.31. The zero-order chi connectivity index (χ0) is 20.1. The Balaban J connectivity index is 1.47. The molecule has 1 aliphatic heterocycles. The van der Waals surface area contributed by atoms with Crippen LogP contribution in [0.2, 0.25) is 0 Å². The number of amides is 1. The normalized spacial score (nSPS) is 15.3. The van der Waals surface area contributed by atoms with E-state index < -0.39 is 10.0 Å². The van der Waals surface area contributed by atoms with Gasteiger partial charge >= 0.3 is 0 Å². The molecule has 2 aromatic rings. The van der Waals surface area contributed by atoms with Crippen LogP contribution in [0.15, 0.2) is 48.5 Å². The molecular formula is C20H24N2O5S. The van der Waals surface area contributed by atoms with Gasteiger partial charge in [-0.05, 0) is 43.3 Å². The van der Waals surface area contributed by atoms with Crippen molar-refractivity contribution in [2.24, 2.45) is 0 Å². The Bertz CT molecular complexity index is 903. The monoisotopic (exact) mass is 404 g/mol. The molecule has 1 saturated heterocycles. The molecule has 0 aliphatic carbocycles. The average Bonchev–Trinajstić information content (AvgIpc) is 2.68. The number of benzene rings is 2. The number of sulfonamides is 1. The lowest BCUT2D eigenvalue weighted by Crippen LogP contribution is -2.51. The van der Waals surface area contributed by atoms with Gasteiger partial charge < -0.3 is 14.4 Å². The van der Waals surface area contributed by atoms with E-state index in [2.05, 4.69) is 0 Å². The summed E-state index contributed by atoms with van der Waals surface area (Å²) in [5.74, 6) is 1.84. The molecule has 1 fully saturated rings. The van der Waals surface area contributed by atoms with Gasteiger partial charge in [0.25, 0.3) is 5.91 Å². The largest absolute Gasteiger partial charge is 0.484 e. The molecule has 7 nitrogen and oxygen atoms in total. The Labute approximate surface area is 165 Å². The van der Waals surface area contributed by atoms with Crippen molar-refractivity contribution >= 4 is 15.9 Å². The van der Waals surface area contributed by atoms with Crippen LogP contribution in [0.25, 0.3) is 0 Å². The number of carbonyl (C=O) groups excluding carboxylic acids is 1. The maximum atomic E-state index is 12.3. The van der Waals surface area contributed by atoms with Crippen molar-refractivity contribution in [2.45, 2.75) is 6.92 Å². The van der Waals surface area contributed by atoms with Crippen LogP contribution in [0.5, 0.6) is 17.2 Å². The SMILES string of the molecule is Cc1ccc(Oc2ccc(OCC(=O)N3CCN(S(C)(=O)=O)CC3)cc2)cc1. The van der Waals surface area contributed by atoms with Gasteiger partial charge in [-0.25, -0.2) is 8.42 Å². The first-order valence-corrected chi connectivity index (χ1v) is 10.9. The molecule has 0 unspecified atom stereocenters. The number of hydrogen-bond donors (Lipinski definition) is 0. The van der Waals surface area contributed by atoms with E-state index in [-0.39, 0.29) is 12.5 Å². The van der Waals surface area contributed by atoms with E-state index in [0.29, 0.717) is 37.7 Å². The van der Waals surface area contributed by atoms with E-state index in [1.807, 2.05) is 31.2 Å². The minimum absolute atomic E-state index is 0.0863. The van der Waals surface area contributed by atoms with Gasteiger partial charge in [0.05, 0.1) is 6.26 Å². The molecule has 3 rings (SSSR count). The van der Waals surface area contributed by atoms with E-state index in [1.165, 1.54) is 16.1 Å². The fourth-order valence-corrected chi connectivity index (χ4v) is 3.68. The van der Waals surface area contributed by atoms with Crippen molar-refractivity contribution in [2.75, 3.05) is 39.0 Å². The van der Waals surface area contributed by atoms with Crippen LogP contribution in [-0.2, 0) is 14.8 Å². The molecule has 1 aliphatic rings. The predicted octanol–water partition coefficient (Wildman–Crippen LogP) is 2.27. The van der Waals surface area contributed by atoms with E-state index in [1.54, 1.807) is 29.2 Å². The van der Waals surface area contributed by atoms with E-state index in [0.717, 1.165) is 5.75 Å². The van der Waals surface area contributed by atoms with Gasteiger partial charge in [-0.15, -0.1) is 0 Å². The Kier molecular flexibility index (Phi) is 6.21. The molecule has 1 heterocycles. The van der Waals surface area contributed by atoms with Crippen molar-refractivity contribution in [3.05, 3.63) is 54.1 Å². The van der Waals surface area contributed by atoms with Crippen LogP contribution < -0.4 is 9.47 Å². The average molecular weight is 404 g/mol. The minimum Gasteiger partial charge on any atom is -0.484 e. The molecule has 0 spiro atoms. The van der Waals surface area contributed by atoms with Crippen LogP contribution >= 0.6 is 0 Å². The highest BCUT2D eigenvalue weighted by Gasteiger charge is 2.26. The molecule has 0 N–H and O–H groups in total. The number of nitrogens with zero attached hydrogens (tertiary/aromatic N) is 2. The lowest BCUT2D eigenvalue weighted by atomic mass is 10.2. The molecule has 150 valence electrons. The van der Waals surface area contributed by atoms with E-state index >= 15 is 0 Å². The zero-order valence-corrected chi connectivity index (χ0v) is 16.8. The first-order valence-electron chi connectivity index (χ1n) is 9.01. The van der Waals surface area contributed by atoms with Crippen LogP contribution in [0.4, 0.5) is 0 Å². The molecule has 0 saturated carbocycles. The third-order valence-corrected chi connectivity index (χ3v) is 5.81. The van der Waals surface area contributed by atoms with Gasteiger partial charge in [0.1, 0.15) is 17.2 Å². The summed E-state index contributed by atoms with van der Waals surface area (Å²) in [5.41, 5.74) is 1.17. The zero-order valence-electron chi connectivity index (χ0n) is 16.0.